The fourth-order valence-electron chi connectivity index (χ4n) is 4.77. The number of alkyl halides is 6. The summed E-state index contributed by atoms with van der Waals surface area (Å²) in [5.74, 6) is -0.492. The monoisotopic (exact) mass is 591 g/mol. The fourth-order valence-corrected chi connectivity index (χ4v) is 4.77. The Bertz CT molecular complexity index is 1220. The molecule has 0 radical (unpaired) electrons. The number of carbonyl (C=O) groups is 2. The molecule has 1 heterocycles. The number of nitrogens with one attached hydrogen (secondary N) is 1. The molecule has 1 saturated heterocycles. The van der Waals surface area contributed by atoms with Crippen molar-refractivity contribution in [2.75, 3.05) is 13.6 Å². The van der Waals surface area contributed by atoms with Gasteiger partial charge in [0.15, 0.2) is 0 Å². The number of hydrogen-bond donors (Lipinski definition) is 1. The van der Waals surface area contributed by atoms with Crippen molar-refractivity contribution < 1.29 is 45.1 Å². The summed E-state index contributed by atoms with van der Waals surface area (Å²) in [5, 5.41) is 2.78. The lowest BCUT2D eigenvalue weighted by molar-refractivity contribution is -0.143. The first-order valence-corrected chi connectivity index (χ1v) is 13.0. The summed E-state index contributed by atoms with van der Waals surface area (Å²) < 4.78 is 99.1. The van der Waals surface area contributed by atoms with Gasteiger partial charge in [-0.15, -0.1) is 0 Å². The zero-order valence-corrected chi connectivity index (χ0v) is 23.0. The molecule has 0 aromatic heterocycles. The predicted molar refractivity (Wildman–Crippen MR) is 136 cm³/mol. The number of benzene rings is 2. The minimum absolute atomic E-state index is 0.0305. The molecule has 0 saturated carbocycles. The van der Waals surface area contributed by atoms with Crippen LogP contribution in [0.1, 0.15) is 67.0 Å². The second-order valence-electron chi connectivity index (χ2n) is 10.3. The summed E-state index contributed by atoms with van der Waals surface area (Å²) in [6, 6.07) is 3.50. The summed E-state index contributed by atoms with van der Waals surface area (Å²) in [4.78, 5) is 28.4. The van der Waals surface area contributed by atoms with Gasteiger partial charge in [-0.1, -0.05) is 13.0 Å². The first kappa shape index (κ1) is 32.0. The van der Waals surface area contributed by atoms with E-state index in [1.54, 1.807) is 13.8 Å². The molecule has 2 aromatic carbocycles. The van der Waals surface area contributed by atoms with Crippen LogP contribution in [0.25, 0.3) is 0 Å². The molecule has 1 N–H and O–H groups in total. The predicted octanol–water partition coefficient (Wildman–Crippen LogP) is 7.45. The minimum Gasteiger partial charge on any atom is -0.447 e. The third-order valence-corrected chi connectivity index (χ3v) is 7.04. The molecule has 0 bridgehead atoms. The highest BCUT2D eigenvalue weighted by atomic mass is 19.4. The Morgan fingerprint density at radius 3 is 2.22 bits per heavy atom. The Morgan fingerprint density at radius 1 is 1.07 bits per heavy atom. The van der Waals surface area contributed by atoms with Crippen LogP contribution >= 0.6 is 0 Å². The molecular formula is C28H32F7N3O3. The van der Waals surface area contributed by atoms with Gasteiger partial charge in [0.05, 0.1) is 17.2 Å². The number of aryl methyl sites for hydroxylation is 1. The number of urea groups is 1. The van der Waals surface area contributed by atoms with Crippen LogP contribution in [0.2, 0.25) is 0 Å². The summed E-state index contributed by atoms with van der Waals surface area (Å²) in [7, 11) is 1.28. The van der Waals surface area contributed by atoms with Crippen molar-refractivity contribution in [1.82, 2.24) is 15.1 Å². The summed E-state index contributed by atoms with van der Waals surface area (Å²) in [6.45, 7) is 4.83. The molecular weight excluding hydrogens is 559 g/mol. The third kappa shape index (κ3) is 8.26. The molecule has 3 atom stereocenters. The summed E-state index contributed by atoms with van der Waals surface area (Å²) >= 11 is 0. The van der Waals surface area contributed by atoms with E-state index in [1.807, 2.05) is 6.92 Å². The first-order valence-electron chi connectivity index (χ1n) is 13.0. The molecule has 6 nitrogen and oxygen atoms in total. The van der Waals surface area contributed by atoms with Gasteiger partial charge in [-0.25, -0.2) is 14.0 Å². The van der Waals surface area contributed by atoms with Gasteiger partial charge in [0, 0.05) is 26.2 Å². The number of nitrogens with zero attached hydrogens (tertiary/aromatic N) is 2. The van der Waals surface area contributed by atoms with E-state index in [1.165, 1.54) is 30.1 Å². The smallest absolute Gasteiger partial charge is 0.416 e. The van der Waals surface area contributed by atoms with Gasteiger partial charge in [0.25, 0.3) is 0 Å². The summed E-state index contributed by atoms with van der Waals surface area (Å²) in [6.07, 6.45) is -9.82. The number of halogens is 7. The standard InChI is InChI=1S/C28H32F7N3O3/c1-5-17(3)41-25(39)36-22-8-9-38(24(14-22)23-7-6-21(29)10-16(23)2)26(40)37(4)15-18-11-19(27(30,31)32)13-20(12-18)28(33,34)35/h6-7,10-13,17,22,24H,5,8-9,14-15H2,1-4H3,(H,36,39)/t17?,22-,24-/m1/s1. The lowest BCUT2D eigenvalue weighted by Gasteiger charge is -2.42. The second-order valence-corrected chi connectivity index (χ2v) is 10.3. The zero-order valence-electron chi connectivity index (χ0n) is 23.0. The maximum Gasteiger partial charge on any atom is 0.416 e. The molecule has 226 valence electrons. The highest BCUT2D eigenvalue weighted by molar-refractivity contribution is 5.75. The van der Waals surface area contributed by atoms with Crippen LogP contribution in [0.3, 0.4) is 0 Å². The number of alkyl carbamates (subject to hydrolysis) is 1. The van der Waals surface area contributed by atoms with E-state index in [0.29, 0.717) is 36.1 Å². The number of amides is 3. The molecule has 41 heavy (non-hydrogen) atoms. The third-order valence-electron chi connectivity index (χ3n) is 7.04. The van der Waals surface area contributed by atoms with Crippen molar-refractivity contribution >= 4 is 12.1 Å². The molecule has 3 amide bonds. The van der Waals surface area contributed by atoms with Gasteiger partial charge in [0.1, 0.15) is 11.9 Å². The van der Waals surface area contributed by atoms with Crippen molar-refractivity contribution in [2.45, 2.75) is 77.1 Å². The van der Waals surface area contributed by atoms with Crippen LogP contribution < -0.4 is 5.32 Å². The van der Waals surface area contributed by atoms with E-state index < -0.39 is 60.0 Å². The average Bonchev–Trinajstić information content (AvgIpc) is 2.87. The van der Waals surface area contributed by atoms with Gasteiger partial charge >= 0.3 is 24.5 Å². The van der Waals surface area contributed by atoms with Crippen LogP contribution in [-0.2, 0) is 23.6 Å². The van der Waals surface area contributed by atoms with Crippen LogP contribution in [0, 0.1) is 12.7 Å². The van der Waals surface area contributed by atoms with Gasteiger partial charge in [-0.2, -0.15) is 26.3 Å². The molecule has 0 spiro atoms. The van der Waals surface area contributed by atoms with Crippen molar-refractivity contribution in [2.24, 2.45) is 0 Å². The quantitative estimate of drug-likeness (QED) is 0.355. The van der Waals surface area contributed by atoms with E-state index in [0.717, 1.165) is 4.90 Å². The Balaban J connectivity index is 1.87. The molecule has 13 heteroatoms. The molecule has 3 rings (SSSR count). The summed E-state index contributed by atoms with van der Waals surface area (Å²) in [5.41, 5.74) is -2.17. The Labute approximate surface area is 233 Å². The number of piperidine rings is 1. The van der Waals surface area contributed by atoms with Crippen LogP contribution in [0.4, 0.5) is 40.3 Å². The van der Waals surface area contributed by atoms with E-state index in [-0.39, 0.29) is 30.7 Å². The first-order chi connectivity index (χ1) is 19.0. The van der Waals surface area contributed by atoms with E-state index >= 15 is 0 Å². The van der Waals surface area contributed by atoms with Crippen molar-refractivity contribution in [1.29, 1.82) is 0 Å². The SMILES string of the molecule is CCC(C)OC(=O)N[C@@H]1CCN(C(=O)N(C)Cc2cc(C(F)(F)F)cc(C(F)(F)F)c2)[C@@H](c2ccc(F)cc2C)C1. The topological polar surface area (TPSA) is 61.9 Å². The zero-order chi connectivity index (χ0) is 30.7. The van der Waals surface area contributed by atoms with Crippen LogP contribution in [0.5, 0.6) is 0 Å². The highest BCUT2D eigenvalue weighted by Crippen LogP contribution is 2.37. The molecule has 1 aliphatic rings. The van der Waals surface area contributed by atoms with E-state index in [4.69, 9.17) is 4.74 Å². The van der Waals surface area contributed by atoms with Gasteiger partial charge in [-0.05, 0) is 80.1 Å². The number of ether oxygens (including phenoxy) is 1. The lowest BCUT2D eigenvalue weighted by atomic mass is 9.89. The number of carbonyl (C=O) groups excluding carboxylic acids is 2. The Hall–Kier alpha value is -3.51. The van der Waals surface area contributed by atoms with Crippen LogP contribution in [-0.4, -0.2) is 47.7 Å². The molecule has 1 fully saturated rings. The number of rotatable bonds is 6. The number of hydrogen-bond acceptors (Lipinski definition) is 3. The van der Waals surface area contributed by atoms with E-state index in [2.05, 4.69) is 5.32 Å². The molecule has 1 aliphatic heterocycles. The molecule has 2 aromatic rings. The maximum atomic E-state index is 13.9. The maximum absolute atomic E-state index is 13.9. The lowest BCUT2D eigenvalue weighted by Crippen LogP contribution is -2.51. The minimum atomic E-state index is -5.02. The molecule has 1 unspecified atom stereocenters. The fraction of sp³-hybridized carbons (Fsp3) is 0.500. The average molecular weight is 592 g/mol. The van der Waals surface area contributed by atoms with Crippen LogP contribution in [0.15, 0.2) is 36.4 Å². The largest absolute Gasteiger partial charge is 0.447 e. The van der Waals surface area contributed by atoms with Crippen molar-refractivity contribution in [3.8, 4) is 0 Å². The normalized spacial score (nSPS) is 18.6. The second kappa shape index (κ2) is 12.6. The Kier molecular flexibility index (Phi) is 9.81. The van der Waals surface area contributed by atoms with Crippen molar-refractivity contribution in [3.63, 3.8) is 0 Å². The van der Waals surface area contributed by atoms with Gasteiger partial charge in [-0.3, -0.25) is 0 Å². The van der Waals surface area contributed by atoms with E-state index in [9.17, 15) is 40.3 Å². The molecule has 0 aliphatic carbocycles. The van der Waals surface area contributed by atoms with Gasteiger partial charge in [0.2, 0.25) is 0 Å². The highest BCUT2D eigenvalue weighted by Gasteiger charge is 2.38. The van der Waals surface area contributed by atoms with Gasteiger partial charge < -0.3 is 19.9 Å². The Morgan fingerprint density at radius 2 is 1.68 bits per heavy atom. The van der Waals surface area contributed by atoms with Crippen molar-refractivity contribution in [3.05, 3.63) is 70.0 Å². The number of likely N-dealkylation sites (tertiary alicyclic amines) is 1.